The normalized spacial score (nSPS) is 10.6. The van der Waals surface area contributed by atoms with Crippen LogP contribution < -0.4 is 5.32 Å². The van der Waals surface area contributed by atoms with Gasteiger partial charge in [0.05, 0.1) is 5.69 Å². The van der Waals surface area contributed by atoms with Gasteiger partial charge in [-0.3, -0.25) is 15.1 Å². The quantitative estimate of drug-likeness (QED) is 0.748. The zero-order valence-electron chi connectivity index (χ0n) is 12.6. The number of hydrogen-bond donors (Lipinski definition) is 1. The Morgan fingerprint density at radius 1 is 1.17 bits per heavy atom. The van der Waals surface area contributed by atoms with Gasteiger partial charge in [0, 0.05) is 22.2 Å². The first kappa shape index (κ1) is 15.6. The first-order valence-corrected chi connectivity index (χ1v) is 8.25. The van der Waals surface area contributed by atoms with Gasteiger partial charge in [-0.25, -0.2) is 4.98 Å². The van der Waals surface area contributed by atoms with Crippen LogP contribution in [0.15, 0.2) is 41.9 Å². The minimum Gasteiger partial charge on any atom is -0.296 e. The van der Waals surface area contributed by atoms with Crippen LogP contribution >= 0.6 is 22.9 Å². The van der Waals surface area contributed by atoms with Gasteiger partial charge in [0.2, 0.25) is 0 Å². The van der Waals surface area contributed by atoms with Crippen molar-refractivity contribution in [3.05, 3.63) is 63.8 Å². The van der Waals surface area contributed by atoms with E-state index in [0.29, 0.717) is 10.2 Å². The van der Waals surface area contributed by atoms with Crippen molar-refractivity contribution in [2.75, 3.05) is 5.32 Å². The lowest BCUT2D eigenvalue weighted by Crippen LogP contribution is -2.13. The molecule has 1 amide bonds. The summed E-state index contributed by atoms with van der Waals surface area (Å²) in [6.45, 7) is 4.14. The monoisotopic (exact) mass is 343 g/mol. The molecule has 0 saturated heterocycles. The predicted octanol–water partition coefficient (Wildman–Crippen LogP) is 4.73. The van der Waals surface area contributed by atoms with Crippen LogP contribution in [0.2, 0.25) is 5.02 Å². The Hall–Kier alpha value is -2.24. The SMILES string of the molecule is Cc1ccc(-c2csc(NC(=O)c3cc(Cl)ccn3)n2)cc1C. The molecule has 2 aromatic heterocycles. The van der Waals surface area contributed by atoms with E-state index < -0.39 is 0 Å². The zero-order chi connectivity index (χ0) is 16.4. The number of halogens is 1. The van der Waals surface area contributed by atoms with Crippen LogP contribution in [0.25, 0.3) is 11.3 Å². The van der Waals surface area contributed by atoms with E-state index in [4.69, 9.17) is 11.6 Å². The first-order valence-electron chi connectivity index (χ1n) is 6.99. The summed E-state index contributed by atoms with van der Waals surface area (Å²) in [5.41, 5.74) is 4.59. The molecule has 0 spiro atoms. The Labute approximate surface area is 143 Å². The zero-order valence-corrected chi connectivity index (χ0v) is 14.2. The van der Waals surface area contributed by atoms with E-state index in [-0.39, 0.29) is 11.6 Å². The summed E-state index contributed by atoms with van der Waals surface area (Å²) in [4.78, 5) is 20.6. The molecule has 0 fully saturated rings. The van der Waals surface area contributed by atoms with Crippen LogP contribution in [0.4, 0.5) is 5.13 Å². The van der Waals surface area contributed by atoms with E-state index in [2.05, 4.69) is 41.3 Å². The lowest BCUT2D eigenvalue weighted by atomic mass is 10.1. The van der Waals surface area contributed by atoms with E-state index >= 15 is 0 Å². The molecule has 1 aromatic carbocycles. The maximum Gasteiger partial charge on any atom is 0.276 e. The van der Waals surface area contributed by atoms with Gasteiger partial charge in [0.1, 0.15) is 5.69 Å². The van der Waals surface area contributed by atoms with Crippen molar-refractivity contribution in [3.8, 4) is 11.3 Å². The molecule has 0 unspecified atom stereocenters. The van der Waals surface area contributed by atoms with Crippen molar-refractivity contribution in [3.63, 3.8) is 0 Å². The van der Waals surface area contributed by atoms with Gasteiger partial charge in [0.15, 0.2) is 5.13 Å². The highest BCUT2D eigenvalue weighted by Gasteiger charge is 2.11. The van der Waals surface area contributed by atoms with Gasteiger partial charge in [-0.2, -0.15) is 0 Å². The first-order chi connectivity index (χ1) is 11.0. The summed E-state index contributed by atoms with van der Waals surface area (Å²) in [6, 6.07) is 9.34. The minimum atomic E-state index is -0.325. The summed E-state index contributed by atoms with van der Waals surface area (Å²) in [5.74, 6) is -0.325. The molecule has 23 heavy (non-hydrogen) atoms. The fraction of sp³-hybridized carbons (Fsp3) is 0.118. The van der Waals surface area contributed by atoms with Crippen LogP contribution in [0, 0.1) is 13.8 Å². The number of nitrogens with zero attached hydrogens (tertiary/aromatic N) is 2. The Morgan fingerprint density at radius 2 is 2.00 bits per heavy atom. The van der Waals surface area contributed by atoms with Crippen LogP contribution in [0.5, 0.6) is 0 Å². The molecule has 0 bridgehead atoms. The second kappa shape index (κ2) is 6.48. The number of amides is 1. The van der Waals surface area contributed by atoms with Gasteiger partial charge in [-0.15, -0.1) is 11.3 Å². The molecule has 1 N–H and O–H groups in total. The summed E-state index contributed by atoms with van der Waals surface area (Å²) in [6.07, 6.45) is 1.50. The number of nitrogens with one attached hydrogen (secondary N) is 1. The van der Waals surface area contributed by atoms with Crippen LogP contribution in [-0.2, 0) is 0 Å². The fourth-order valence-corrected chi connectivity index (χ4v) is 2.93. The van der Waals surface area contributed by atoms with Gasteiger partial charge in [-0.05, 0) is 43.2 Å². The number of anilines is 1. The van der Waals surface area contributed by atoms with E-state index in [1.807, 2.05) is 11.4 Å². The fourth-order valence-electron chi connectivity index (χ4n) is 2.05. The lowest BCUT2D eigenvalue weighted by Gasteiger charge is -2.03. The van der Waals surface area contributed by atoms with Crippen molar-refractivity contribution < 1.29 is 4.79 Å². The molecule has 0 saturated carbocycles. The van der Waals surface area contributed by atoms with Gasteiger partial charge >= 0.3 is 0 Å². The number of hydrogen-bond acceptors (Lipinski definition) is 4. The van der Waals surface area contributed by atoms with E-state index in [9.17, 15) is 4.79 Å². The second-order valence-electron chi connectivity index (χ2n) is 5.15. The average Bonchev–Trinajstić information content (AvgIpc) is 2.98. The summed E-state index contributed by atoms with van der Waals surface area (Å²) in [5, 5.41) is 5.68. The molecule has 4 nitrogen and oxygen atoms in total. The Morgan fingerprint density at radius 3 is 2.74 bits per heavy atom. The minimum absolute atomic E-state index is 0.264. The molecule has 6 heteroatoms. The maximum absolute atomic E-state index is 12.1. The Balaban J connectivity index is 1.79. The third-order valence-corrected chi connectivity index (χ3v) is 4.47. The maximum atomic E-state index is 12.1. The molecule has 116 valence electrons. The molecule has 2 heterocycles. The molecular weight excluding hydrogens is 330 g/mol. The van der Waals surface area contributed by atoms with Crippen LogP contribution in [0.3, 0.4) is 0 Å². The largest absolute Gasteiger partial charge is 0.296 e. The predicted molar refractivity (Wildman–Crippen MR) is 94.2 cm³/mol. The number of carbonyl (C=O) groups is 1. The van der Waals surface area contributed by atoms with Gasteiger partial charge in [0.25, 0.3) is 5.91 Å². The number of rotatable bonds is 3. The van der Waals surface area contributed by atoms with Gasteiger partial charge in [-0.1, -0.05) is 23.7 Å². The van der Waals surface area contributed by atoms with E-state index in [1.165, 1.54) is 34.7 Å². The molecule has 0 aliphatic carbocycles. The molecule has 0 radical (unpaired) electrons. The van der Waals surface area contributed by atoms with Crippen molar-refractivity contribution in [2.24, 2.45) is 0 Å². The van der Waals surface area contributed by atoms with Crippen molar-refractivity contribution in [1.82, 2.24) is 9.97 Å². The number of aryl methyl sites for hydroxylation is 2. The Bertz CT molecular complexity index is 876. The number of thiazole rings is 1. The number of aromatic nitrogens is 2. The standard InChI is InChI=1S/C17H14ClN3OS/c1-10-3-4-12(7-11(10)2)15-9-23-17(20-15)21-16(22)14-8-13(18)5-6-19-14/h3-9H,1-2H3,(H,20,21,22). The highest BCUT2D eigenvalue weighted by molar-refractivity contribution is 7.14. The van der Waals surface area contributed by atoms with E-state index in [0.717, 1.165) is 11.3 Å². The molecule has 0 aliphatic heterocycles. The Kier molecular flexibility index (Phi) is 4.41. The third-order valence-electron chi connectivity index (χ3n) is 3.48. The lowest BCUT2D eigenvalue weighted by molar-refractivity contribution is 0.102. The second-order valence-corrected chi connectivity index (χ2v) is 6.44. The topological polar surface area (TPSA) is 54.9 Å². The van der Waals surface area contributed by atoms with Crippen molar-refractivity contribution in [2.45, 2.75) is 13.8 Å². The molecule has 0 atom stereocenters. The smallest absolute Gasteiger partial charge is 0.276 e. The molecule has 3 aromatic rings. The summed E-state index contributed by atoms with van der Waals surface area (Å²) in [7, 11) is 0. The van der Waals surface area contributed by atoms with Crippen molar-refractivity contribution in [1.29, 1.82) is 0 Å². The highest BCUT2D eigenvalue weighted by Crippen LogP contribution is 2.26. The molecular formula is C17H14ClN3OS. The van der Waals surface area contributed by atoms with E-state index in [1.54, 1.807) is 6.07 Å². The number of carbonyl (C=O) groups excluding carboxylic acids is 1. The molecule has 3 rings (SSSR count). The van der Waals surface area contributed by atoms with Crippen LogP contribution in [-0.4, -0.2) is 15.9 Å². The van der Waals surface area contributed by atoms with Crippen LogP contribution in [0.1, 0.15) is 21.6 Å². The van der Waals surface area contributed by atoms with Gasteiger partial charge < -0.3 is 0 Å². The number of pyridine rings is 1. The summed E-state index contributed by atoms with van der Waals surface area (Å²) < 4.78 is 0. The van der Waals surface area contributed by atoms with Crippen molar-refractivity contribution >= 4 is 34.0 Å². The number of benzene rings is 1. The third kappa shape index (κ3) is 3.57. The average molecular weight is 344 g/mol. The molecule has 0 aliphatic rings. The summed E-state index contributed by atoms with van der Waals surface area (Å²) >= 11 is 7.25. The highest BCUT2D eigenvalue weighted by atomic mass is 35.5.